The molecule has 9 nitrogen and oxygen atoms in total. The molecule has 2 aliphatic rings. The fraction of sp³-hybridized carbons (Fsp3) is 0.333. The van der Waals surface area contributed by atoms with Crippen molar-refractivity contribution in [1.82, 2.24) is 15.3 Å². The molecule has 0 spiro atoms. The number of benzene rings is 1. The van der Waals surface area contributed by atoms with Gasteiger partial charge in [-0.15, -0.1) is 0 Å². The number of alkyl halides is 3. The molecular weight excluding hydrogens is 589 g/mol. The van der Waals surface area contributed by atoms with Crippen LogP contribution in [0, 0.1) is 18.8 Å². The zero-order valence-electron chi connectivity index (χ0n) is 22.0. The summed E-state index contributed by atoms with van der Waals surface area (Å²) in [6.07, 6.45) is -4.99. The first-order chi connectivity index (χ1) is 18.3. The molecule has 1 saturated carbocycles. The van der Waals surface area contributed by atoms with Gasteiger partial charge in [-0.1, -0.05) is 40.6 Å². The SMILES string of the molecule is Cc1[nH]c(C(=O)NC2[C@H]3CN(c4nc(CC(=O)Nc5cccc(C(F)(F)F)c5)c(C(=O)O)s4)C[C@@H]23)c(Cl)c1Cl.[H-].[Li+]. The first kappa shape index (κ1) is 30.3. The number of rotatable bonds is 7. The second kappa shape index (κ2) is 11.3. The number of aromatic nitrogens is 2. The number of piperidine rings is 1. The molecule has 3 heterocycles. The first-order valence-electron chi connectivity index (χ1n) is 11.6. The van der Waals surface area contributed by atoms with Crippen LogP contribution in [0.1, 0.15) is 38.5 Å². The summed E-state index contributed by atoms with van der Waals surface area (Å²) >= 11 is 13.1. The van der Waals surface area contributed by atoms with Crippen LogP contribution in [0.2, 0.25) is 10.0 Å². The van der Waals surface area contributed by atoms with Gasteiger partial charge in [-0.3, -0.25) is 9.59 Å². The minimum absolute atomic E-state index is 0. The Morgan fingerprint density at radius 2 is 1.90 bits per heavy atom. The van der Waals surface area contributed by atoms with Gasteiger partial charge in [0.15, 0.2) is 5.13 Å². The number of carbonyl (C=O) groups is 3. The minimum Gasteiger partial charge on any atom is -1.00 e. The quantitative estimate of drug-likeness (QED) is 0.303. The summed E-state index contributed by atoms with van der Waals surface area (Å²) in [5.41, 5.74) is -0.176. The smallest absolute Gasteiger partial charge is 1.00 e. The van der Waals surface area contributed by atoms with Crippen LogP contribution in [0.15, 0.2) is 24.3 Å². The molecule has 3 aromatic rings. The summed E-state index contributed by atoms with van der Waals surface area (Å²) in [7, 11) is 0. The van der Waals surface area contributed by atoms with Crippen molar-refractivity contribution < 1.29 is 52.9 Å². The number of amides is 2. The molecule has 4 N–H and O–H groups in total. The molecule has 208 valence electrons. The number of nitrogens with one attached hydrogen (secondary N) is 3. The summed E-state index contributed by atoms with van der Waals surface area (Å²) < 4.78 is 38.8. The second-order valence-electron chi connectivity index (χ2n) is 9.37. The van der Waals surface area contributed by atoms with Gasteiger partial charge in [0.25, 0.3) is 5.91 Å². The number of fused-ring (bicyclic) bond motifs is 1. The number of carbonyl (C=O) groups excluding carboxylic acids is 2. The zero-order chi connectivity index (χ0) is 28.2. The Hall–Kier alpha value is -2.69. The number of halogens is 5. The van der Waals surface area contributed by atoms with Crippen LogP contribution in [0.25, 0.3) is 0 Å². The number of anilines is 2. The maximum absolute atomic E-state index is 12.9. The van der Waals surface area contributed by atoms with Gasteiger partial charge < -0.3 is 27.1 Å². The number of aromatic amines is 1. The van der Waals surface area contributed by atoms with Crippen LogP contribution >= 0.6 is 34.5 Å². The van der Waals surface area contributed by atoms with E-state index < -0.39 is 30.0 Å². The molecule has 3 atom stereocenters. The van der Waals surface area contributed by atoms with Crippen molar-refractivity contribution in [2.75, 3.05) is 23.3 Å². The van der Waals surface area contributed by atoms with Crippen LogP contribution in [-0.2, 0) is 17.4 Å². The van der Waals surface area contributed by atoms with Crippen LogP contribution < -0.4 is 34.4 Å². The predicted molar refractivity (Wildman–Crippen MR) is 140 cm³/mol. The van der Waals surface area contributed by atoms with E-state index in [9.17, 15) is 32.7 Å². The Kier molecular flexibility index (Phi) is 8.55. The molecule has 2 fully saturated rings. The van der Waals surface area contributed by atoms with Gasteiger partial charge in [0, 0.05) is 42.3 Å². The van der Waals surface area contributed by atoms with Crippen molar-refractivity contribution in [2.45, 2.75) is 25.6 Å². The van der Waals surface area contributed by atoms with Gasteiger partial charge in [-0.05, 0) is 25.1 Å². The number of carboxylic acids is 1. The summed E-state index contributed by atoms with van der Waals surface area (Å²) in [6.45, 7) is 2.75. The van der Waals surface area contributed by atoms with E-state index in [-0.39, 0.29) is 71.0 Å². The van der Waals surface area contributed by atoms with E-state index in [0.29, 0.717) is 28.9 Å². The van der Waals surface area contributed by atoms with E-state index in [1.54, 1.807) is 6.92 Å². The summed E-state index contributed by atoms with van der Waals surface area (Å²) in [6, 6.07) is 4.08. The molecule has 1 unspecified atom stereocenters. The zero-order valence-corrected chi connectivity index (χ0v) is 23.4. The van der Waals surface area contributed by atoms with Crippen molar-refractivity contribution in [3.05, 3.63) is 61.8 Å². The number of hydrogen-bond acceptors (Lipinski definition) is 6. The van der Waals surface area contributed by atoms with Gasteiger partial charge >= 0.3 is 31.0 Å². The number of thiazole rings is 1. The van der Waals surface area contributed by atoms with E-state index in [2.05, 4.69) is 20.6 Å². The summed E-state index contributed by atoms with van der Waals surface area (Å²) in [4.78, 5) is 46.0. The number of aryl methyl sites for hydroxylation is 1. The summed E-state index contributed by atoms with van der Waals surface area (Å²) in [5, 5.41) is 15.8. The molecule has 5 rings (SSSR count). The van der Waals surface area contributed by atoms with E-state index in [4.69, 9.17) is 23.2 Å². The number of nitrogens with zero attached hydrogens (tertiary/aromatic N) is 2. The fourth-order valence-electron chi connectivity index (χ4n) is 4.74. The molecule has 1 saturated heterocycles. The Morgan fingerprint density at radius 1 is 1.23 bits per heavy atom. The van der Waals surface area contributed by atoms with Crippen LogP contribution in [0.4, 0.5) is 24.0 Å². The van der Waals surface area contributed by atoms with E-state index in [1.165, 1.54) is 12.1 Å². The van der Waals surface area contributed by atoms with Crippen molar-refractivity contribution in [1.29, 1.82) is 0 Å². The molecular formula is C24H21Cl2F3LiN5O4S. The van der Waals surface area contributed by atoms with Crippen LogP contribution in [0.5, 0.6) is 0 Å². The van der Waals surface area contributed by atoms with Crippen molar-refractivity contribution in [2.24, 2.45) is 11.8 Å². The largest absolute Gasteiger partial charge is 1.00 e. The van der Waals surface area contributed by atoms with Gasteiger partial charge in [0.1, 0.15) is 10.6 Å². The molecule has 1 aliphatic carbocycles. The number of aromatic carboxylic acids is 1. The Morgan fingerprint density at radius 3 is 2.48 bits per heavy atom. The number of hydrogen-bond donors (Lipinski definition) is 4. The van der Waals surface area contributed by atoms with Gasteiger partial charge in [0.2, 0.25) is 5.91 Å². The van der Waals surface area contributed by atoms with Crippen LogP contribution in [0.3, 0.4) is 0 Å². The normalized spacial score (nSPS) is 19.6. The molecule has 1 aromatic carbocycles. The van der Waals surface area contributed by atoms with Gasteiger partial charge in [-0.2, -0.15) is 13.2 Å². The van der Waals surface area contributed by atoms with Crippen molar-refractivity contribution in [3.8, 4) is 0 Å². The average molecular weight is 610 g/mol. The number of H-pyrrole nitrogens is 1. The third-order valence-electron chi connectivity index (χ3n) is 6.73. The number of carboxylic acid groups (broad SMARTS) is 1. The predicted octanol–water partition coefficient (Wildman–Crippen LogP) is 1.97. The van der Waals surface area contributed by atoms with E-state index in [0.717, 1.165) is 23.5 Å². The first-order valence-corrected chi connectivity index (χ1v) is 13.2. The maximum Gasteiger partial charge on any atom is 1.00 e. The molecule has 2 amide bonds. The molecule has 40 heavy (non-hydrogen) atoms. The average Bonchev–Trinajstić information content (AvgIpc) is 3.21. The fourth-order valence-corrected chi connectivity index (χ4v) is 6.10. The third kappa shape index (κ3) is 5.99. The molecule has 0 radical (unpaired) electrons. The van der Waals surface area contributed by atoms with Crippen molar-refractivity contribution in [3.63, 3.8) is 0 Å². The Bertz CT molecular complexity index is 1490. The Balaban J connectivity index is 0.00000231. The third-order valence-corrected chi connectivity index (χ3v) is 8.82. The maximum atomic E-state index is 12.9. The molecule has 1 aliphatic heterocycles. The van der Waals surface area contributed by atoms with E-state index >= 15 is 0 Å². The molecule has 16 heteroatoms. The van der Waals surface area contributed by atoms with Crippen LogP contribution in [-0.4, -0.2) is 52.0 Å². The monoisotopic (exact) mass is 609 g/mol. The van der Waals surface area contributed by atoms with E-state index in [1.807, 2.05) is 4.90 Å². The standard InChI is InChI=1S/C24H20Cl2F3N5O4S.Li.H/c1-9-16(25)17(26)19(30-9)21(36)33-18-12-7-34(8-13(12)18)23-32-14(20(39-23)22(37)38)6-15(35)31-11-4-2-3-10(5-11)24(27,28)29;;/h2-5,12-13,18,30H,6-8H2,1H3,(H,31,35)(H,33,36)(H,37,38);;/q;+1;-1/t12-,13+,18?;;. The Labute approximate surface area is 253 Å². The minimum atomic E-state index is -4.57. The second-order valence-corrected chi connectivity index (χ2v) is 11.1. The molecule has 2 aromatic heterocycles. The topological polar surface area (TPSA) is 127 Å². The van der Waals surface area contributed by atoms with Crippen molar-refractivity contribution >= 4 is 63.1 Å². The van der Waals surface area contributed by atoms with Gasteiger partial charge in [-0.25, -0.2) is 9.78 Å². The van der Waals surface area contributed by atoms with Gasteiger partial charge in [0.05, 0.1) is 27.7 Å². The molecule has 0 bridgehead atoms. The summed E-state index contributed by atoms with van der Waals surface area (Å²) in [5.74, 6) is -2.06.